The molecular formula is C16H20N2O2. The van der Waals surface area contributed by atoms with Crippen molar-refractivity contribution in [2.45, 2.75) is 26.4 Å². The van der Waals surface area contributed by atoms with E-state index in [1.807, 2.05) is 38.1 Å². The number of benzene rings is 1. The normalized spacial score (nSPS) is 10.9. The highest BCUT2D eigenvalue weighted by Crippen LogP contribution is 2.15. The fourth-order valence-electron chi connectivity index (χ4n) is 1.98. The summed E-state index contributed by atoms with van der Waals surface area (Å²) < 4.78 is 5.44. The van der Waals surface area contributed by atoms with Gasteiger partial charge in [-0.05, 0) is 32.4 Å². The van der Waals surface area contributed by atoms with Crippen LogP contribution in [0.1, 0.15) is 30.6 Å². The molecule has 1 N–H and O–H groups in total. The number of rotatable bonds is 6. The van der Waals surface area contributed by atoms with Crippen LogP contribution in [0.15, 0.2) is 36.5 Å². The number of ether oxygens (including phenoxy) is 1. The maximum atomic E-state index is 12.2. The van der Waals surface area contributed by atoms with Crippen LogP contribution in [0, 0.1) is 0 Å². The fraction of sp³-hybridized carbons (Fsp3) is 0.375. The van der Waals surface area contributed by atoms with Crippen molar-refractivity contribution in [1.82, 2.24) is 10.3 Å². The average Bonchev–Trinajstić information content (AvgIpc) is 2.45. The van der Waals surface area contributed by atoms with Crippen LogP contribution in [-0.4, -0.2) is 30.1 Å². The van der Waals surface area contributed by atoms with Crippen LogP contribution in [0.2, 0.25) is 0 Å². The monoisotopic (exact) mass is 272 g/mol. The number of hydrogen-bond acceptors (Lipinski definition) is 3. The van der Waals surface area contributed by atoms with Crippen LogP contribution in [0.3, 0.4) is 0 Å². The number of carbonyl (C=O) groups excluding carboxylic acids is 1. The Balaban J connectivity index is 1.94. The van der Waals surface area contributed by atoms with Crippen molar-refractivity contribution in [3.8, 4) is 0 Å². The van der Waals surface area contributed by atoms with Crippen molar-refractivity contribution in [1.29, 1.82) is 0 Å². The predicted octanol–water partition coefficient (Wildman–Crippen LogP) is 2.78. The topological polar surface area (TPSA) is 51.2 Å². The third-order valence-corrected chi connectivity index (χ3v) is 2.95. The van der Waals surface area contributed by atoms with Gasteiger partial charge in [-0.25, -0.2) is 0 Å². The third-order valence-electron chi connectivity index (χ3n) is 2.95. The number of fused-ring (bicyclic) bond motifs is 1. The molecule has 0 saturated carbocycles. The minimum atomic E-state index is -0.0619. The SMILES string of the molecule is CC(C)OCCCNC(=O)c1ccnc2ccccc12. The summed E-state index contributed by atoms with van der Waals surface area (Å²) in [6.07, 6.45) is 2.71. The molecule has 0 unspecified atom stereocenters. The zero-order valence-electron chi connectivity index (χ0n) is 11.9. The molecule has 2 rings (SSSR count). The number of carbonyl (C=O) groups is 1. The van der Waals surface area contributed by atoms with Gasteiger partial charge in [-0.15, -0.1) is 0 Å². The van der Waals surface area contributed by atoms with Crippen LogP contribution in [-0.2, 0) is 4.74 Å². The van der Waals surface area contributed by atoms with Crippen LogP contribution in [0.4, 0.5) is 0 Å². The molecule has 0 spiro atoms. The number of pyridine rings is 1. The highest BCUT2D eigenvalue weighted by atomic mass is 16.5. The Bertz CT molecular complexity index is 576. The molecular weight excluding hydrogens is 252 g/mol. The minimum absolute atomic E-state index is 0.0619. The summed E-state index contributed by atoms with van der Waals surface area (Å²) in [6, 6.07) is 9.40. The molecule has 1 amide bonds. The molecule has 106 valence electrons. The van der Waals surface area contributed by atoms with E-state index < -0.39 is 0 Å². The second-order valence-corrected chi connectivity index (χ2v) is 4.90. The first-order chi connectivity index (χ1) is 9.68. The standard InChI is InChI=1S/C16H20N2O2/c1-12(2)20-11-5-9-18-16(19)14-8-10-17-15-7-4-3-6-13(14)15/h3-4,6-8,10,12H,5,9,11H2,1-2H3,(H,18,19). The first kappa shape index (κ1) is 14.5. The Morgan fingerprint density at radius 1 is 1.30 bits per heavy atom. The van der Waals surface area contributed by atoms with E-state index in [9.17, 15) is 4.79 Å². The Hall–Kier alpha value is -1.94. The molecule has 0 saturated heterocycles. The number of aromatic nitrogens is 1. The van der Waals surface area contributed by atoms with Gasteiger partial charge in [0.15, 0.2) is 0 Å². The third kappa shape index (κ3) is 3.78. The van der Waals surface area contributed by atoms with E-state index in [0.29, 0.717) is 18.7 Å². The second kappa shape index (κ2) is 7.01. The second-order valence-electron chi connectivity index (χ2n) is 4.90. The molecule has 0 aliphatic carbocycles. The van der Waals surface area contributed by atoms with Crippen molar-refractivity contribution in [2.24, 2.45) is 0 Å². The summed E-state index contributed by atoms with van der Waals surface area (Å²) in [5.41, 5.74) is 1.50. The molecule has 4 heteroatoms. The van der Waals surface area contributed by atoms with Gasteiger partial charge in [0.2, 0.25) is 0 Å². The van der Waals surface area contributed by atoms with Gasteiger partial charge in [0.1, 0.15) is 0 Å². The molecule has 0 aliphatic heterocycles. The number of para-hydroxylation sites is 1. The van der Waals surface area contributed by atoms with Crippen LogP contribution < -0.4 is 5.32 Å². The summed E-state index contributed by atoms with van der Waals surface area (Å²) in [5, 5.41) is 3.80. The molecule has 1 heterocycles. The van der Waals surface area contributed by atoms with Gasteiger partial charge in [0.25, 0.3) is 5.91 Å². The zero-order chi connectivity index (χ0) is 14.4. The highest BCUT2D eigenvalue weighted by Gasteiger charge is 2.09. The molecule has 2 aromatic rings. The number of hydrogen-bond donors (Lipinski definition) is 1. The zero-order valence-corrected chi connectivity index (χ0v) is 11.9. The van der Waals surface area contributed by atoms with Gasteiger partial charge < -0.3 is 10.1 Å². The quantitative estimate of drug-likeness (QED) is 0.823. The molecule has 1 aromatic carbocycles. The Labute approximate surface area is 119 Å². The Morgan fingerprint density at radius 3 is 2.90 bits per heavy atom. The predicted molar refractivity (Wildman–Crippen MR) is 79.8 cm³/mol. The van der Waals surface area contributed by atoms with E-state index in [1.165, 1.54) is 0 Å². The van der Waals surface area contributed by atoms with Gasteiger partial charge in [-0.2, -0.15) is 0 Å². The summed E-state index contributed by atoms with van der Waals surface area (Å²) in [4.78, 5) is 16.4. The van der Waals surface area contributed by atoms with Gasteiger partial charge in [-0.1, -0.05) is 18.2 Å². The van der Waals surface area contributed by atoms with Crippen molar-refractivity contribution in [3.05, 3.63) is 42.1 Å². The van der Waals surface area contributed by atoms with E-state index in [0.717, 1.165) is 17.3 Å². The van der Waals surface area contributed by atoms with Gasteiger partial charge in [0, 0.05) is 24.7 Å². The average molecular weight is 272 g/mol. The largest absolute Gasteiger partial charge is 0.379 e. The number of amides is 1. The van der Waals surface area contributed by atoms with Crippen molar-refractivity contribution < 1.29 is 9.53 Å². The minimum Gasteiger partial charge on any atom is -0.379 e. The molecule has 0 fully saturated rings. The van der Waals surface area contributed by atoms with E-state index in [-0.39, 0.29) is 12.0 Å². The lowest BCUT2D eigenvalue weighted by Crippen LogP contribution is -2.25. The van der Waals surface area contributed by atoms with Crippen LogP contribution in [0.5, 0.6) is 0 Å². The maximum absolute atomic E-state index is 12.2. The maximum Gasteiger partial charge on any atom is 0.252 e. The molecule has 20 heavy (non-hydrogen) atoms. The molecule has 4 nitrogen and oxygen atoms in total. The van der Waals surface area contributed by atoms with Gasteiger partial charge >= 0.3 is 0 Å². The fourth-order valence-corrected chi connectivity index (χ4v) is 1.98. The van der Waals surface area contributed by atoms with Crippen molar-refractivity contribution in [3.63, 3.8) is 0 Å². The van der Waals surface area contributed by atoms with Crippen molar-refractivity contribution in [2.75, 3.05) is 13.2 Å². The van der Waals surface area contributed by atoms with Gasteiger partial charge in [-0.3, -0.25) is 9.78 Å². The summed E-state index contributed by atoms with van der Waals surface area (Å²) >= 11 is 0. The molecule has 0 bridgehead atoms. The molecule has 0 radical (unpaired) electrons. The lowest BCUT2D eigenvalue weighted by atomic mass is 10.1. The molecule has 0 aliphatic rings. The Kier molecular flexibility index (Phi) is 5.07. The lowest BCUT2D eigenvalue weighted by Gasteiger charge is -2.09. The van der Waals surface area contributed by atoms with Crippen LogP contribution >= 0.6 is 0 Å². The van der Waals surface area contributed by atoms with E-state index in [2.05, 4.69) is 10.3 Å². The first-order valence-corrected chi connectivity index (χ1v) is 6.92. The smallest absolute Gasteiger partial charge is 0.252 e. The summed E-state index contributed by atoms with van der Waals surface area (Å²) in [5.74, 6) is -0.0619. The van der Waals surface area contributed by atoms with E-state index in [4.69, 9.17) is 4.74 Å². The highest BCUT2D eigenvalue weighted by molar-refractivity contribution is 6.05. The summed E-state index contributed by atoms with van der Waals surface area (Å²) in [6.45, 7) is 5.28. The Morgan fingerprint density at radius 2 is 2.10 bits per heavy atom. The van der Waals surface area contributed by atoms with E-state index in [1.54, 1.807) is 12.3 Å². The van der Waals surface area contributed by atoms with Gasteiger partial charge in [0.05, 0.1) is 17.2 Å². The van der Waals surface area contributed by atoms with Crippen molar-refractivity contribution >= 4 is 16.8 Å². The molecule has 0 atom stereocenters. The summed E-state index contributed by atoms with van der Waals surface area (Å²) in [7, 11) is 0. The number of nitrogens with one attached hydrogen (secondary N) is 1. The number of nitrogens with zero attached hydrogens (tertiary/aromatic N) is 1. The molecule has 1 aromatic heterocycles. The van der Waals surface area contributed by atoms with Crippen LogP contribution in [0.25, 0.3) is 10.9 Å². The van der Waals surface area contributed by atoms with E-state index >= 15 is 0 Å². The first-order valence-electron chi connectivity index (χ1n) is 6.92. The lowest BCUT2D eigenvalue weighted by molar-refractivity contribution is 0.0757.